The molecule has 0 radical (unpaired) electrons. The molecular weight excluding hydrogens is 290 g/mol. The second kappa shape index (κ2) is 6.15. The number of thioether (sulfide) groups is 1. The zero-order valence-electron chi connectivity index (χ0n) is 9.24. The molecule has 0 bridgehead atoms. The molecule has 1 aromatic rings. The van der Waals surface area contributed by atoms with E-state index in [9.17, 15) is 9.90 Å². The molecule has 0 aliphatic carbocycles. The van der Waals surface area contributed by atoms with Crippen molar-refractivity contribution in [1.82, 2.24) is 4.90 Å². The number of hydrogen-bond donors (Lipinski definition) is 1. The van der Waals surface area contributed by atoms with Crippen LogP contribution in [0, 0.1) is 0 Å². The summed E-state index contributed by atoms with van der Waals surface area (Å²) in [5, 5.41) is 9.61. The van der Waals surface area contributed by atoms with Gasteiger partial charge in [-0.25, -0.2) is 0 Å². The summed E-state index contributed by atoms with van der Waals surface area (Å²) < 4.78 is 0.784. The molecule has 0 spiro atoms. The van der Waals surface area contributed by atoms with E-state index >= 15 is 0 Å². The van der Waals surface area contributed by atoms with E-state index < -0.39 is 0 Å². The van der Waals surface area contributed by atoms with Crippen molar-refractivity contribution in [3.63, 3.8) is 0 Å². The fourth-order valence-corrected chi connectivity index (χ4v) is 2.03. The third kappa shape index (κ3) is 3.42. The molecule has 88 valence electrons. The Labute approximate surface area is 108 Å². The predicted molar refractivity (Wildman–Crippen MR) is 71.1 cm³/mol. The molecule has 5 heteroatoms. The maximum absolute atomic E-state index is 12.0. The van der Waals surface area contributed by atoms with Crippen molar-refractivity contribution in [2.45, 2.75) is 0 Å². The summed E-state index contributed by atoms with van der Waals surface area (Å²) in [6.45, 7) is 0.673. The fraction of sp³-hybridized carbons (Fsp3) is 0.364. The number of amides is 1. The molecule has 1 N–H and O–H groups in total. The Kier molecular flexibility index (Phi) is 5.15. The van der Waals surface area contributed by atoms with Crippen LogP contribution in [0.1, 0.15) is 10.4 Å². The lowest BCUT2D eigenvalue weighted by atomic mass is 10.2. The van der Waals surface area contributed by atoms with E-state index in [0.717, 1.165) is 10.2 Å². The van der Waals surface area contributed by atoms with Crippen LogP contribution >= 0.6 is 27.7 Å². The zero-order chi connectivity index (χ0) is 12.1. The Bertz CT molecular complexity index is 384. The average Bonchev–Trinajstić information content (AvgIpc) is 2.28. The quantitative estimate of drug-likeness (QED) is 0.929. The molecule has 0 fully saturated rings. The Morgan fingerprint density at radius 1 is 1.56 bits per heavy atom. The molecule has 16 heavy (non-hydrogen) atoms. The monoisotopic (exact) mass is 303 g/mol. The van der Waals surface area contributed by atoms with E-state index in [4.69, 9.17) is 0 Å². The third-order valence-electron chi connectivity index (χ3n) is 2.17. The molecule has 3 nitrogen and oxygen atoms in total. The Balaban J connectivity index is 2.83. The number of carbonyl (C=O) groups is 1. The number of phenols is 1. The van der Waals surface area contributed by atoms with Gasteiger partial charge in [-0.2, -0.15) is 11.8 Å². The number of halogens is 1. The van der Waals surface area contributed by atoms with Gasteiger partial charge >= 0.3 is 0 Å². The van der Waals surface area contributed by atoms with Crippen LogP contribution < -0.4 is 0 Å². The third-order valence-corrected chi connectivity index (χ3v) is 3.25. The number of rotatable bonds is 4. The van der Waals surface area contributed by atoms with Crippen LogP contribution in [-0.2, 0) is 0 Å². The highest BCUT2D eigenvalue weighted by Crippen LogP contribution is 2.22. The smallest absolute Gasteiger partial charge is 0.257 e. The van der Waals surface area contributed by atoms with Crippen LogP contribution in [0.15, 0.2) is 22.7 Å². The van der Waals surface area contributed by atoms with E-state index in [2.05, 4.69) is 15.9 Å². The standard InChI is InChI=1S/C11H14BrNO2S/c1-13(5-6-16-2)11(15)9-7-8(12)3-4-10(9)14/h3-4,7,14H,5-6H2,1-2H3. The lowest BCUT2D eigenvalue weighted by Crippen LogP contribution is -2.28. The molecule has 1 rings (SSSR count). The number of phenolic OH excluding ortho intramolecular Hbond substituents is 1. The molecular formula is C11H14BrNO2S. The van der Waals surface area contributed by atoms with Crippen LogP contribution in [0.4, 0.5) is 0 Å². The molecule has 0 saturated heterocycles. The largest absolute Gasteiger partial charge is 0.507 e. The number of aromatic hydroxyl groups is 1. The number of benzene rings is 1. The molecule has 1 amide bonds. The van der Waals surface area contributed by atoms with Gasteiger partial charge in [-0.15, -0.1) is 0 Å². The topological polar surface area (TPSA) is 40.5 Å². The Morgan fingerprint density at radius 3 is 2.88 bits per heavy atom. The Morgan fingerprint density at radius 2 is 2.25 bits per heavy atom. The predicted octanol–water partition coefficient (Wildman–Crippen LogP) is 2.59. The van der Waals surface area contributed by atoms with Crippen LogP contribution in [0.2, 0.25) is 0 Å². The van der Waals surface area contributed by atoms with Gasteiger partial charge in [0.1, 0.15) is 5.75 Å². The van der Waals surface area contributed by atoms with Gasteiger partial charge in [0.25, 0.3) is 5.91 Å². The van der Waals surface area contributed by atoms with Gasteiger partial charge in [0.2, 0.25) is 0 Å². The number of nitrogens with zero attached hydrogens (tertiary/aromatic N) is 1. The normalized spacial score (nSPS) is 10.2. The van der Waals surface area contributed by atoms with Crippen LogP contribution in [-0.4, -0.2) is 41.5 Å². The summed E-state index contributed by atoms with van der Waals surface area (Å²) in [4.78, 5) is 13.6. The van der Waals surface area contributed by atoms with Crippen molar-refractivity contribution >= 4 is 33.6 Å². The van der Waals surface area contributed by atoms with Gasteiger partial charge in [0.15, 0.2) is 0 Å². The van der Waals surface area contributed by atoms with Crippen molar-refractivity contribution in [3.05, 3.63) is 28.2 Å². The van der Waals surface area contributed by atoms with Crippen molar-refractivity contribution in [1.29, 1.82) is 0 Å². The minimum Gasteiger partial charge on any atom is -0.507 e. The summed E-state index contributed by atoms with van der Waals surface area (Å²) in [6.07, 6.45) is 1.99. The maximum Gasteiger partial charge on any atom is 0.257 e. The molecule has 0 aliphatic heterocycles. The molecule has 0 aromatic heterocycles. The minimum absolute atomic E-state index is 0.0178. The molecule has 1 aromatic carbocycles. The van der Waals surface area contributed by atoms with Gasteiger partial charge in [0.05, 0.1) is 5.56 Å². The van der Waals surface area contributed by atoms with Gasteiger partial charge in [-0.05, 0) is 24.5 Å². The van der Waals surface area contributed by atoms with E-state index in [1.807, 2.05) is 6.26 Å². The van der Waals surface area contributed by atoms with Crippen LogP contribution in [0.5, 0.6) is 5.75 Å². The average molecular weight is 304 g/mol. The highest BCUT2D eigenvalue weighted by molar-refractivity contribution is 9.10. The summed E-state index contributed by atoms with van der Waals surface area (Å²) in [5.74, 6) is 0.744. The molecule has 0 saturated carbocycles. The summed E-state index contributed by atoms with van der Waals surface area (Å²) in [6, 6.07) is 4.85. The first kappa shape index (κ1) is 13.4. The Hall–Kier alpha value is -0.680. The maximum atomic E-state index is 12.0. The van der Waals surface area contributed by atoms with Gasteiger partial charge in [0, 0.05) is 23.8 Å². The van der Waals surface area contributed by atoms with Crippen LogP contribution in [0.3, 0.4) is 0 Å². The van der Waals surface area contributed by atoms with E-state index in [1.54, 1.807) is 35.8 Å². The van der Waals surface area contributed by atoms with Crippen molar-refractivity contribution < 1.29 is 9.90 Å². The highest BCUT2D eigenvalue weighted by atomic mass is 79.9. The SMILES string of the molecule is CSCCN(C)C(=O)c1cc(Br)ccc1O. The minimum atomic E-state index is -0.159. The highest BCUT2D eigenvalue weighted by Gasteiger charge is 2.15. The van der Waals surface area contributed by atoms with Gasteiger partial charge in [-0.1, -0.05) is 15.9 Å². The second-order valence-electron chi connectivity index (χ2n) is 3.38. The van der Waals surface area contributed by atoms with E-state index in [-0.39, 0.29) is 11.7 Å². The van der Waals surface area contributed by atoms with E-state index in [0.29, 0.717) is 12.1 Å². The van der Waals surface area contributed by atoms with E-state index in [1.165, 1.54) is 6.07 Å². The zero-order valence-corrected chi connectivity index (χ0v) is 11.6. The lowest BCUT2D eigenvalue weighted by molar-refractivity contribution is 0.0800. The van der Waals surface area contributed by atoms with Gasteiger partial charge < -0.3 is 10.0 Å². The van der Waals surface area contributed by atoms with Crippen molar-refractivity contribution in [2.75, 3.05) is 25.6 Å². The summed E-state index contributed by atoms with van der Waals surface area (Å²) in [5.41, 5.74) is 0.331. The van der Waals surface area contributed by atoms with Crippen LogP contribution in [0.25, 0.3) is 0 Å². The number of hydrogen-bond acceptors (Lipinski definition) is 3. The molecule has 0 aliphatic rings. The lowest BCUT2D eigenvalue weighted by Gasteiger charge is -2.17. The van der Waals surface area contributed by atoms with Crippen molar-refractivity contribution in [2.24, 2.45) is 0 Å². The number of carbonyl (C=O) groups excluding carboxylic acids is 1. The van der Waals surface area contributed by atoms with Crippen molar-refractivity contribution in [3.8, 4) is 5.75 Å². The molecule has 0 atom stereocenters. The first-order chi connectivity index (χ1) is 7.56. The first-order valence-electron chi connectivity index (χ1n) is 4.79. The first-order valence-corrected chi connectivity index (χ1v) is 6.98. The summed E-state index contributed by atoms with van der Waals surface area (Å²) >= 11 is 4.96. The second-order valence-corrected chi connectivity index (χ2v) is 5.28. The fourth-order valence-electron chi connectivity index (χ4n) is 1.21. The summed E-state index contributed by atoms with van der Waals surface area (Å²) in [7, 11) is 1.74. The molecule has 0 unspecified atom stereocenters. The molecule has 0 heterocycles. The van der Waals surface area contributed by atoms with Gasteiger partial charge in [-0.3, -0.25) is 4.79 Å².